The highest BCUT2D eigenvalue weighted by atomic mass is 16.3. The number of carbonyl (C=O) groups excluding carboxylic acids is 1. The molecule has 1 saturated heterocycles. The fraction of sp³-hybridized carbons (Fsp3) is 0.933. The van der Waals surface area contributed by atoms with E-state index < -0.39 is 0 Å². The van der Waals surface area contributed by atoms with Crippen molar-refractivity contribution in [1.29, 1.82) is 0 Å². The van der Waals surface area contributed by atoms with E-state index in [9.17, 15) is 4.79 Å². The van der Waals surface area contributed by atoms with Crippen LogP contribution in [0.4, 0.5) is 0 Å². The van der Waals surface area contributed by atoms with Gasteiger partial charge in [-0.1, -0.05) is 26.7 Å². The number of carbonyl (C=O) groups is 1. The average Bonchev–Trinajstić information content (AvgIpc) is 2.44. The molecule has 0 aromatic heterocycles. The van der Waals surface area contributed by atoms with Crippen molar-refractivity contribution in [3.8, 4) is 0 Å². The van der Waals surface area contributed by atoms with Crippen LogP contribution in [-0.4, -0.2) is 48.2 Å². The summed E-state index contributed by atoms with van der Waals surface area (Å²) in [4.78, 5) is 13.9. The maximum absolute atomic E-state index is 11.9. The maximum atomic E-state index is 11.9. The van der Waals surface area contributed by atoms with Gasteiger partial charge in [-0.3, -0.25) is 4.79 Å². The lowest BCUT2D eigenvalue weighted by Gasteiger charge is -2.38. The molecule has 0 saturated carbocycles. The molecule has 1 fully saturated rings. The predicted octanol–water partition coefficient (Wildman–Crippen LogP) is 1.78. The van der Waals surface area contributed by atoms with Gasteiger partial charge in [-0.2, -0.15) is 0 Å². The van der Waals surface area contributed by atoms with E-state index in [1.54, 1.807) is 0 Å². The van der Waals surface area contributed by atoms with Gasteiger partial charge in [0.25, 0.3) is 0 Å². The quantitative estimate of drug-likeness (QED) is 0.661. The number of rotatable bonds is 8. The Hall–Kier alpha value is -0.610. The second-order valence-electron chi connectivity index (χ2n) is 5.62. The Labute approximate surface area is 117 Å². The number of aliphatic hydroxyl groups excluding tert-OH is 1. The number of amides is 1. The summed E-state index contributed by atoms with van der Waals surface area (Å²) in [5.74, 6) is 0.908. The first-order chi connectivity index (χ1) is 9.21. The standard InChI is InChI=1S/C15H30N2O2/c1-3-5-7-13-10-14(16-8-6-9-18)12-17(11-13)15(19)4-2/h13-14,16,18H,3-12H2,1-2H3. The summed E-state index contributed by atoms with van der Waals surface area (Å²) in [6, 6.07) is 0.401. The van der Waals surface area contributed by atoms with Gasteiger partial charge in [0.05, 0.1) is 0 Å². The van der Waals surface area contributed by atoms with Gasteiger partial charge in [-0.15, -0.1) is 0 Å². The van der Waals surface area contributed by atoms with E-state index in [-0.39, 0.29) is 12.5 Å². The topological polar surface area (TPSA) is 52.6 Å². The Morgan fingerprint density at radius 2 is 2.11 bits per heavy atom. The highest BCUT2D eigenvalue weighted by molar-refractivity contribution is 5.76. The molecule has 19 heavy (non-hydrogen) atoms. The third-order valence-corrected chi connectivity index (χ3v) is 3.93. The Bertz CT molecular complexity index is 259. The molecule has 2 atom stereocenters. The van der Waals surface area contributed by atoms with Gasteiger partial charge in [0.1, 0.15) is 0 Å². The van der Waals surface area contributed by atoms with Crippen LogP contribution in [0, 0.1) is 5.92 Å². The molecule has 0 bridgehead atoms. The summed E-state index contributed by atoms with van der Waals surface area (Å²) < 4.78 is 0. The van der Waals surface area contributed by atoms with Gasteiger partial charge in [-0.25, -0.2) is 0 Å². The summed E-state index contributed by atoms with van der Waals surface area (Å²) in [7, 11) is 0. The second-order valence-corrected chi connectivity index (χ2v) is 5.62. The molecule has 0 radical (unpaired) electrons. The minimum absolute atomic E-state index is 0.233. The summed E-state index contributed by atoms with van der Waals surface area (Å²) in [6.07, 6.45) is 6.26. The molecule has 1 amide bonds. The average molecular weight is 270 g/mol. The van der Waals surface area contributed by atoms with Gasteiger partial charge in [-0.05, 0) is 31.7 Å². The van der Waals surface area contributed by atoms with E-state index >= 15 is 0 Å². The van der Waals surface area contributed by atoms with Gasteiger partial charge in [0.15, 0.2) is 0 Å². The zero-order valence-corrected chi connectivity index (χ0v) is 12.5. The predicted molar refractivity (Wildman–Crippen MR) is 78.0 cm³/mol. The van der Waals surface area contributed by atoms with Crippen LogP contribution in [-0.2, 0) is 4.79 Å². The number of hydrogen-bond acceptors (Lipinski definition) is 3. The first kappa shape index (κ1) is 16.4. The van der Waals surface area contributed by atoms with Crippen LogP contribution < -0.4 is 5.32 Å². The van der Waals surface area contributed by atoms with Crippen LogP contribution in [0.15, 0.2) is 0 Å². The molecule has 2 unspecified atom stereocenters. The van der Waals surface area contributed by atoms with Crippen LogP contribution in [0.3, 0.4) is 0 Å². The van der Waals surface area contributed by atoms with E-state index in [4.69, 9.17) is 5.11 Å². The van der Waals surface area contributed by atoms with Crippen molar-refractivity contribution < 1.29 is 9.90 Å². The SMILES string of the molecule is CCCCC1CC(NCCCO)CN(C(=O)CC)C1. The molecular weight excluding hydrogens is 240 g/mol. The highest BCUT2D eigenvalue weighted by Gasteiger charge is 2.28. The van der Waals surface area contributed by atoms with E-state index in [0.717, 1.165) is 26.1 Å². The minimum atomic E-state index is 0.233. The minimum Gasteiger partial charge on any atom is -0.396 e. The number of nitrogens with one attached hydrogen (secondary N) is 1. The molecule has 1 heterocycles. The zero-order chi connectivity index (χ0) is 14.1. The molecule has 1 aliphatic rings. The molecule has 4 heteroatoms. The molecule has 0 aromatic rings. The van der Waals surface area contributed by atoms with E-state index in [1.807, 2.05) is 11.8 Å². The molecule has 0 aliphatic carbocycles. The van der Waals surface area contributed by atoms with E-state index in [2.05, 4.69) is 12.2 Å². The highest BCUT2D eigenvalue weighted by Crippen LogP contribution is 2.22. The van der Waals surface area contributed by atoms with E-state index in [1.165, 1.54) is 25.7 Å². The molecule has 1 aliphatic heterocycles. The van der Waals surface area contributed by atoms with Crippen LogP contribution in [0.25, 0.3) is 0 Å². The number of unbranched alkanes of at least 4 members (excludes halogenated alkanes) is 1. The lowest BCUT2D eigenvalue weighted by Crippen LogP contribution is -2.51. The van der Waals surface area contributed by atoms with Crippen LogP contribution in [0.2, 0.25) is 0 Å². The molecule has 0 spiro atoms. The Balaban J connectivity index is 2.48. The summed E-state index contributed by atoms with van der Waals surface area (Å²) in [6.45, 7) is 7.00. The van der Waals surface area contributed by atoms with Crippen molar-refractivity contribution in [1.82, 2.24) is 10.2 Å². The third-order valence-electron chi connectivity index (χ3n) is 3.93. The summed E-state index contributed by atoms with van der Waals surface area (Å²) in [5, 5.41) is 12.3. The number of likely N-dealkylation sites (tertiary alicyclic amines) is 1. The van der Waals surface area contributed by atoms with Crippen molar-refractivity contribution in [3.63, 3.8) is 0 Å². The van der Waals surface area contributed by atoms with Crippen molar-refractivity contribution in [2.45, 2.75) is 58.4 Å². The van der Waals surface area contributed by atoms with E-state index in [0.29, 0.717) is 18.4 Å². The monoisotopic (exact) mass is 270 g/mol. The second kappa shape index (κ2) is 9.32. The normalized spacial score (nSPS) is 23.6. The Morgan fingerprint density at radius 3 is 2.74 bits per heavy atom. The summed E-state index contributed by atoms with van der Waals surface area (Å²) >= 11 is 0. The molecular formula is C15H30N2O2. The maximum Gasteiger partial charge on any atom is 0.222 e. The van der Waals surface area contributed by atoms with Crippen LogP contribution in [0.1, 0.15) is 52.4 Å². The Morgan fingerprint density at radius 1 is 1.32 bits per heavy atom. The van der Waals surface area contributed by atoms with Crippen molar-refractivity contribution in [2.24, 2.45) is 5.92 Å². The van der Waals surface area contributed by atoms with Crippen LogP contribution >= 0.6 is 0 Å². The largest absolute Gasteiger partial charge is 0.396 e. The third kappa shape index (κ3) is 5.91. The number of piperidine rings is 1. The fourth-order valence-electron chi connectivity index (χ4n) is 2.87. The lowest BCUT2D eigenvalue weighted by atomic mass is 9.89. The summed E-state index contributed by atoms with van der Waals surface area (Å²) in [5.41, 5.74) is 0. The molecule has 1 rings (SSSR count). The number of aliphatic hydroxyl groups is 1. The molecule has 112 valence electrons. The van der Waals surface area contributed by atoms with Crippen molar-refractivity contribution in [3.05, 3.63) is 0 Å². The van der Waals surface area contributed by atoms with Gasteiger partial charge in [0, 0.05) is 32.2 Å². The smallest absolute Gasteiger partial charge is 0.222 e. The van der Waals surface area contributed by atoms with Gasteiger partial charge >= 0.3 is 0 Å². The first-order valence-electron chi connectivity index (χ1n) is 7.83. The van der Waals surface area contributed by atoms with Gasteiger partial charge in [0.2, 0.25) is 5.91 Å². The molecule has 4 nitrogen and oxygen atoms in total. The van der Waals surface area contributed by atoms with Crippen molar-refractivity contribution in [2.75, 3.05) is 26.2 Å². The van der Waals surface area contributed by atoms with Gasteiger partial charge < -0.3 is 15.3 Å². The van der Waals surface area contributed by atoms with Crippen molar-refractivity contribution >= 4 is 5.91 Å². The fourth-order valence-corrected chi connectivity index (χ4v) is 2.87. The van der Waals surface area contributed by atoms with Crippen LogP contribution in [0.5, 0.6) is 0 Å². The number of nitrogens with zero attached hydrogens (tertiary/aromatic N) is 1. The molecule has 0 aromatic carbocycles. The zero-order valence-electron chi connectivity index (χ0n) is 12.5. The Kier molecular flexibility index (Phi) is 8.07. The molecule has 2 N–H and O–H groups in total. The first-order valence-corrected chi connectivity index (χ1v) is 7.83. The number of hydrogen-bond donors (Lipinski definition) is 2. The lowest BCUT2D eigenvalue weighted by molar-refractivity contribution is -0.133.